The molecule has 0 radical (unpaired) electrons. The van der Waals surface area contributed by atoms with E-state index < -0.39 is 11.7 Å². The molecular formula is C23H21F3N2O2. The number of benzene rings is 2. The molecular weight excluding hydrogens is 393 g/mol. The smallest absolute Gasteiger partial charge is 0.416 e. The van der Waals surface area contributed by atoms with Crippen molar-refractivity contribution in [3.05, 3.63) is 83.2 Å². The molecule has 7 heteroatoms. The Balaban J connectivity index is 1.68. The van der Waals surface area contributed by atoms with Crippen LogP contribution in [0.2, 0.25) is 0 Å². The van der Waals surface area contributed by atoms with Gasteiger partial charge in [-0.25, -0.2) is 0 Å². The largest absolute Gasteiger partial charge is 0.457 e. The molecule has 0 spiro atoms. The van der Waals surface area contributed by atoms with Crippen LogP contribution in [-0.4, -0.2) is 10.9 Å². The van der Waals surface area contributed by atoms with Crippen molar-refractivity contribution in [2.75, 3.05) is 5.32 Å². The highest BCUT2D eigenvalue weighted by molar-refractivity contribution is 6.05. The van der Waals surface area contributed by atoms with Crippen LogP contribution in [0.5, 0.6) is 11.5 Å². The number of amides is 1. The maximum absolute atomic E-state index is 12.8. The van der Waals surface area contributed by atoms with Crippen molar-refractivity contribution in [3.8, 4) is 11.5 Å². The van der Waals surface area contributed by atoms with E-state index >= 15 is 0 Å². The first-order valence-corrected chi connectivity index (χ1v) is 9.37. The quantitative estimate of drug-likeness (QED) is 0.513. The molecule has 1 heterocycles. The van der Waals surface area contributed by atoms with Crippen molar-refractivity contribution < 1.29 is 22.7 Å². The van der Waals surface area contributed by atoms with Gasteiger partial charge in [-0.2, -0.15) is 13.2 Å². The molecule has 1 aromatic heterocycles. The maximum Gasteiger partial charge on any atom is 0.416 e. The van der Waals surface area contributed by atoms with Gasteiger partial charge in [0.05, 0.1) is 16.8 Å². The third-order valence-corrected chi connectivity index (χ3v) is 4.45. The highest BCUT2D eigenvalue weighted by Crippen LogP contribution is 2.33. The lowest BCUT2D eigenvalue weighted by Gasteiger charge is -2.12. The summed E-state index contributed by atoms with van der Waals surface area (Å²) in [6.07, 6.45) is -4.44. The van der Waals surface area contributed by atoms with Crippen molar-refractivity contribution in [1.29, 1.82) is 0 Å². The Morgan fingerprint density at radius 1 is 1.00 bits per heavy atom. The van der Waals surface area contributed by atoms with Crippen LogP contribution >= 0.6 is 0 Å². The number of halogens is 3. The van der Waals surface area contributed by atoms with Gasteiger partial charge in [-0.1, -0.05) is 19.9 Å². The molecule has 156 valence electrons. The van der Waals surface area contributed by atoms with Gasteiger partial charge < -0.3 is 10.1 Å². The number of pyridine rings is 1. The first-order valence-electron chi connectivity index (χ1n) is 9.37. The molecule has 0 aliphatic carbocycles. The van der Waals surface area contributed by atoms with Gasteiger partial charge in [-0.05, 0) is 67.4 Å². The van der Waals surface area contributed by atoms with Gasteiger partial charge in [0.25, 0.3) is 5.91 Å². The maximum atomic E-state index is 12.8. The van der Waals surface area contributed by atoms with E-state index in [9.17, 15) is 18.0 Å². The minimum Gasteiger partial charge on any atom is -0.457 e. The molecule has 0 bridgehead atoms. The second-order valence-electron chi connectivity index (χ2n) is 7.13. The molecule has 0 saturated heterocycles. The lowest BCUT2D eigenvalue weighted by molar-refractivity contribution is -0.137. The third-order valence-electron chi connectivity index (χ3n) is 4.45. The Morgan fingerprint density at radius 3 is 2.30 bits per heavy atom. The first kappa shape index (κ1) is 21.4. The number of carbonyl (C=O) groups excluding carboxylic acids is 1. The molecule has 1 amide bonds. The van der Waals surface area contributed by atoms with Crippen molar-refractivity contribution in [2.45, 2.75) is 32.9 Å². The SMILES string of the molecule is Cc1nc(C(C)C)ccc1C(=O)Nc1ccc(Oc2cccc(C(F)(F)F)c2)cc1. The van der Waals surface area contributed by atoms with E-state index in [1.165, 1.54) is 12.1 Å². The third kappa shape index (κ3) is 5.17. The van der Waals surface area contributed by atoms with Gasteiger partial charge in [0.1, 0.15) is 11.5 Å². The van der Waals surface area contributed by atoms with E-state index in [1.807, 2.05) is 19.9 Å². The number of nitrogens with one attached hydrogen (secondary N) is 1. The summed E-state index contributed by atoms with van der Waals surface area (Å²) in [5, 5.41) is 2.78. The standard InChI is InChI=1S/C23H21F3N2O2/c1-14(2)21-12-11-20(15(3)27-21)22(29)28-17-7-9-18(10-8-17)30-19-6-4-5-16(13-19)23(24,25)26/h4-14H,1-3H3,(H,28,29). The number of nitrogens with zero attached hydrogens (tertiary/aromatic N) is 1. The van der Waals surface area contributed by atoms with E-state index in [0.717, 1.165) is 17.8 Å². The van der Waals surface area contributed by atoms with Crippen LogP contribution in [0.15, 0.2) is 60.7 Å². The van der Waals surface area contributed by atoms with Gasteiger partial charge >= 0.3 is 6.18 Å². The molecule has 0 aliphatic heterocycles. The molecule has 0 unspecified atom stereocenters. The molecule has 2 aromatic carbocycles. The summed E-state index contributed by atoms with van der Waals surface area (Å²) in [7, 11) is 0. The number of ether oxygens (including phenoxy) is 1. The molecule has 0 fully saturated rings. The minimum atomic E-state index is -4.44. The van der Waals surface area contributed by atoms with Crippen molar-refractivity contribution in [2.24, 2.45) is 0 Å². The van der Waals surface area contributed by atoms with Gasteiger partial charge in [0.15, 0.2) is 0 Å². The van der Waals surface area contributed by atoms with E-state index in [4.69, 9.17) is 4.74 Å². The number of aryl methyl sites for hydroxylation is 1. The molecule has 0 atom stereocenters. The van der Waals surface area contributed by atoms with E-state index in [-0.39, 0.29) is 17.6 Å². The lowest BCUT2D eigenvalue weighted by Crippen LogP contribution is -2.14. The van der Waals surface area contributed by atoms with Crippen LogP contribution < -0.4 is 10.1 Å². The van der Waals surface area contributed by atoms with Crippen LogP contribution in [0.1, 0.15) is 47.1 Å². The van der Waals surface area contributed by atoms with Crippen molar-refractivity contribution in [3.63, 3.8) is 0 Å². The monoisotopic (exact) mass is 414 g/mol. The predicted molar refractivity (Wildman–Crippen MR) is 109 cm³/mol. The van der Waals surface area contributed by atoms with Crippen molar-refractivity contribution >= 4 is 11.6 Å². The topological polar surface area (TPSA) is 51.2 Å². The van der Waals surface area contributed by atoms with Crippen LogP contribution in [-0.2, 0) is 6.18 Å². The molecule has 30 heavy (non-hydrogen) atoms. The van der Waals surface area contributed by atoms with Crippen molar-refractivity contribution in [1.82, 2.24) is 4.98 Å². The molecule has 4 nitrogen and oxygen atoms in total. The summed E-state index contributed by atoms with van der Waals surface area (Å²) in [4.78, 5) is 17.0. The second kappa shape index (κ2) is 8.57. The average Bonchev–Trinajstić information content (AvgIpc) is 2.69. The fraction of sp³-hybridized carbons (Fsp3) is 0.217. The summed E-state index contributed by atoms with van der Waals surface area (Å²) in [5.41, 5.74) is 1.78. The van der Waals surface area contributed by atoms with Gasteiger partial charge in [0, 0.05) is 11.4 Å². The summed E-state index contributed by atoms with van der Waals surface area (Å²) in [6, 6.07) is 14.6. The zero-order valence-electron chi connectivity index (χ0n) is 16.7. The molecule has 0 aliphatic rings. The number of carbonyl (C=O) groups is 1. The first-order chi connectivity index (χ1) is 14.1. The second-order valence-corrected chi connectivity index (χ2v) is 7.13. The average molecular weight is 414 g/mol. The number of alkyl halides is 3. The number of hydrogen-bond acceptors (Lipinski definition) is 3. The summed E-state index contributed by atoms with van der Waals surface area (Å²) >= 11 is 0. The fourth-order valence-corrected chi connectivity index (χ4v) is 2.82. The lowest BCUT2D eigenvalue weighted by atomic mass is 10.1. The molecule has 3 rings (SSSR count). The Bertz CT molecular complexity index is 1050. The highest BCUT2D eigenvalue weighted by Gasteiger charge is 2.30. The van der Waals surface area contributed by atoms with Crippen LogP contribution in [0.3, 0.4) is 0 Å². The molecule has 0 saturated carbocycles. The summed E-state index contributed by atoms with van der Waals surface area (Å²) < 4.78 is 43.9. The predicted octanol–water partition coefficient (Wildman–Crippen LogP) is 6.58. The number of hydrogen-bond donors (Lipinski definition) is 1. The molecule has 1 N–H and O–H groups in total. The van der Waals surface area contributed by atoms with Crippen LogP contribution in [0.4, 0.5) is 18.9 Å². The van der Waals surface area contributed by atoms with Gasteiger partial charge in [-0.15, -0.1) is 0 Å². The fourth-order valence-electron chi connectivity index (χ4n) is 2.82. The van der Waals surface area contributed by atoms with E-state index in [1.54, 1.807) is 37.3 Å². The van der Waals surface area contributed by atoms with E-state index in [0.29, 0.717) is 22.7 Å². The Morgan fingerprint density at radius 2 is 1.70 bits per heavy atom. The van der Waals surface area contributed by atoms with Crippen LogP contribution in [0.25, 0.3) is 0 Å². The number of aromatic nitrogens is 1. The Labute approximate surface area is 172 Å². The Hall–Kier alpha value is -3.35. The zero-order valence-corrected chi connectivity index (χ0v) is 16.7. The van der Waals surface area contributed by atoms with Crippen LogP contribution in [0, 0.1) is 6.92 Å². The van der Waals surface area contributed by atoms with E-state index in [2.05, 4.69) is 10.3 Å². The number of rotatable bonds is 5. The minimum absolute atomic E-state index is 0.0774. The highest BCUT2D eigenvalue weighted by atomic mass is 19.4. The number of anilines is 1. The Kier molecular flexibility index (Phi) is 6.10. The summed E-state index contributed by atoms with van der Waals surface area (Å²) in [6.45, 7) is 5.85. The normalized spacial score (nSPS) is 11.4. The molecule has 3 aromatic rings. The van der Waals surface area contributed by atoms with Gasteiger partial charge in [-0.3, -0.25) is 9.78 Å². The van der Waals surface area contributed by atoms with Gasteiger partial charge in [0.2, 0.25) is 0 Å². The zero-order chi connectivity index (χ0) is 21.9. The summed E-state index contributed by atoms with van der Waals surface area (Å²) in [5.74, 6) is 0.409.